The molecule has 0 radical (unpaired) electrons. The number of benzene rings is 2. The van der Waals surface area contributed by atoms with Crippen molar-refractivity contribution in [3.63, 3.8) is 0 Å². The van der Waals surface area contributed by atoms with E-state index in [1.165, 1.54) is 18.5 Å². The molecule has 0 aromatic heterocycles. The van der Waals surface area contributed by atoms with Crippen LogP contribution in [0.3, 0.4) is 0 Å². The maximum atomic E-state index is 12.8. The van der Waals surface area contributed by atoms with Gasteiger partial charge in [-0.15, -0.1) is 0 Å². The number of hydrogen-bond donors (Lipinski definition) is 1. The third kappa shape index (κ3) is 4.14. The van der Waals surface area contributed by atoms with Gasteiger partial charge in [0.15, 0.2) is 17.6 Å². The Hall–Kier alpha value is -2.94. The molecule has 1 atom stereocenters. The number of carbonyl (C=O) groups is 1. The second kappa shape index (κ2) is 7.97. The van der Waals surface area contributed by atoms with Crippen LogP contribution >= 0.6 is 0 Å². The highest BCUT2D eigenvalue weighted by atomic mass is 32.2. The lowest BCUT2D eigenvalue weighted by atomic mass is 10.2. The summed E-state index contributed by atoms with van der Waals surface area (Å²) < 4.78 is 41.8. The van der Waals surface area contributed by atoms with Crippen LogP contribution in [0.25, 0.3) is 0 Å². The van der Waals surface area contributed by atoms with E-state index in [2.05, 4.69) is 5.32 Å². The van der Waals surface area contributed by atoms with Gasteiger partial charge in [-0.2, -0.15) is 0 Å². The highest BCUT2D eigenvalue weighted by molar-refractivity contribution is 7.92. The number of nitrogens with zero attached hydrogens (tertiary/aromatic N) is 1. The average Bonchev–Trinajstić information content (AvgIpc) is 2.87. The summed E-state index contributed by atoms with van der Waals surface area (Å²) >= 11 is 0. The minimum absolute atomic E-state index is 0.139. The van der Waals surface area contributed by atoms with E-state index in [1.54, 1.807) is 42.5 Å². The molecule has 2 aromatic carbocycles. The number of amides is 1. The highest BCUT2D eigenvalue weighted by Crippen LogP contribution is 2.34. The number of fused-ring (bicyclic) bond motifs is 1. The zero-order valence-electron chi connectivity index (χ0n) is 15.8. The van der Waals surface area contributed by atoms with E-state index >= 15 is 0 Å². The first kappa shape index (κ1) is 19.8. The lowest BCUT2D eigenvalue weighted by Crippen LogP contribution is -2.35. The van der Waals surface area contributed by atoms with Crippen molar-refractivity contribution >= 4 is 27.3 Å². The van der Waals surface area contributed by atoms with Gasteiger partial charge in [0.05, 0.1) is 26.2 Å². The minimum Gasteiger partial charge on any atom is -0.493 e. The summed E-state index contributed by atoms with van der Waals surface area (Å²) in [7, 11) is -0.459. The highest BCUT2D eigenvalue weighted by Gasteiger charge is 2.31. The van der Waals surface area contributed by atoms with E-state index < -0.39 is 16.1 Å². The van der Waals surface area contributed by atoms with Gasteiger partial charge in [-0.05, 0) is 24.3 Å². The molecule has 8 nitrogen and oxygen atoms in total. The predicted octanol–water partition coefficient (Wildman–Crippen LogP) is 2.26. The Kier molecular flexibility index (Phi) is 5.64. The van der Waals surface area contributed by atoms with Crippen LogP contribution in [-0.2, 0) is 14.8 Å². The minimum atomic E-state index is -3.50. The summed E-state index contributed by atoms with van der Waals surface area (Å²) in [5.74, 6) is 0.995. The Bertz CT molecular complexity index is 976. The SMILES string of the molecule is COc1ccc(NC(=O)[C@@H]2CCN(S(C)(=O)=O)c3ccccc3O2)cc1OC. The fourth-order valence-electron chi connectivity index (χ4n) is 3.00. The largest absolute Gasteiger partial charge is 0.493 e. The van der Waals surface area contributed by atoms with Crippen molar-refractivity contribution in [2.45, 2.75) is 12.5 Å². The summed E-state index contributed by atoms with van der Waals surface area (Å²) in [6, 6.07) is 11.8. The van der Waals surface area contributed by atoms with Crippen molar-refractivity contribution < 1.29 is 27.4 Å². The second-order valence-corrected chi connectivity index (χ2v) is 8.16. The molecular formula is C19H22N2O6S. The molecule has 28 heavy (non-hydrogen) atoms. The number of ether oxygens (including phenoxy) is 3. The lowest BCUT2D eigenvalue weighted by Gasteiger charge is -2.20. The average molecular weight is 406 g/mol. The topological polar surface area (TPSA) is 94.2 Å². The Balaban J connectivity index is 1.82. The smallest absolute Gasteiger partial charge is 0.265 e. The van der Waals surface area contributed by atoms with Gasteiger partial charge in [0, 0.05) is 24.7 Å². The molecule has 0 bridgehead atoms. The molecular weight excluding hydrogens is 384 g/mol. The first-order chi connectivity index (χ1) is 13.3. The molecule has 0 saturated carbocycles. The van der Waals surface area contributed by atoms with Gasteiger partial charge in [-0.1, -0.05) is 12.1 Å². The molecule has 0 aliphatic carbocycles. The van der Waals surface area contributed by atoms with Gasteiger partial charge in [-0.25, -0.2) is 8.42 Å². The van der Waals surface area contributed by atoms with Crippen molar-refractivity contribution in [3.05, 3.63) is 42.5 Å². The molecule has 9 heteroatoms. The van der Waals surface area contributed by atoms with Crippen molar-refractivity contribution in [1.82, 2.24) is 0 Å². The molecule has 150 valence electrons. The van der Waals surface area contributed by atoms with E-state index in [0.717, 1.165) is 6.26 Å². The van der Waals surface area contributed by atoms with Crippen LogP contribution in [0.2, 0.25) is 0 Å². The second-order valence-electron chi connectivity index (χ2n) is 6.26. The monoisotopic (exact) mass is 406 g/mol. The number of nitrogens with one attached hydrogen (secondary N) is 1. The summed E-state index contributed by atoms with van der Waals surface area (Å²) in [6.07, 6.45) is 0.496. The van der Waals surface area contributed by atoms with Gasteiger partial charge in [0.1, 0.15) is 5.75 Å². The number of anilines is 2. The summed E-state index contributed by atoms with van der Waals surface area (Å²) in [5.41, 5.74) is 0.940. The maximum Gasteiger partial charge on any atom is 0.265 e. The summed E-state index contributed by atoms with van der Waals surface area (Å²) in [4.78, 5) is 12.8. The van der Waals surface area contributed by atoms with Gasteiger partial charge in [0.25, 0.3) is 5.91 Å². The van der Waals surface area contributed by atoms with E-state index in [1.807, 2.05) is 0 Å². The third-order valence-corrected chi connectivity index (χ3v) is 5.52. The Morgan fingerprint density at radius 3 is 2.54 bits per heavy atom. The van der Waals surface area contributed by atoms with Crippen LogP contribution in [0, 0.1) is 0 Å². The third-order valence-electron chi connectivity index (χ3n) is 4.34. The fourth-order valence-corrected chi connectivity index (χ4v) is 3.94. The first-order valence-electron chi connectivity index (χ1n) is 8.59. The molecule has 1 heterocycles. The lowest BCUT2D eigenvalue weighted by molar-refractivity contribution is -0.122. The molecule has 1 aliphatic heterocycles. The number of methoxy groups -OCH3 is 2. The number of carbonyl (C=O) groups excluding carboxylic acids is 1. The van der Waals surface area contributed by atoms with E-state index in [-0.39, 0.29) is 18.9 Å². The van der Waals surface area contributed by atoms with Gasteiger partial charge >= 0.3 is 0 Å². The maximum absolute atomic E-state index is 12.8. The van der Waals surface area contributed by atoms with Crippen LogP contribution < -0.4 is 23.8 Å². The zero-order valence-corrected chi connectivity index (χ0v) is 16.7. The molecule has 2 aromatic rings. The molecule has 0 spiro atoms. The Labute approximate surface area is 164 Å². The number of sulfonamides is 1. The Morgan fingerprint density at radius 1 is 1.14 bits per heavy atom. The molecule has 1 amide bonds. The molecule has 1 aliphatic rings. The molecule has 0 saturated heterocycles. The molecule has 1 N–H and O–H groups in total. The van der Waals surface area contributed by atoms with Gasteiger partial charge < -0.3 is 19.5 Å². The summed E-state index contributed by atoms with van der Waals surface area (Å²) in [6.45, 7) is 0.139. The normalized spacial score (nSPS) is 16.4. The van der Waals surface area contributed by atoms with Crippen molar-refractivity contribution in [1.29, 1.82) is 0 Å². The van der Waals surface area contributed by atoms with Crippen molar-refractivity contribution in [2.24, 2.45) is 0 Å². The number of hydrogen-bond acceptors (Lipinski definition) is 6. The standard InChI is InChI=1S/C19H22N2O6S/c1-25-16-9-8-13(12-18(16)26-2)20-19(22)17-10-11-21(28(3,23)24)14-6-4-5-7-15(14)27-17/h4-9,12,17H,10-11H2,1-3H3,(H,20,22)/t17-/m0/s1. The molecule has 3 rings (SSSR count). The van der Waals surface area contributed by atoms with Crippen molar-refractivity contribution in [3.8, 4) is 17.2 Å². The van der Waals surface area contributed by atoms with Crippen LogP contribution in [0.5, 0.6) is 17.2 Å². The zero-order chi connectivity index (χ0) is 20.3. The van der Waals surface area contributed by atoms with Gasteiger partial charge in [-0.3, -0.25) is 9.10 Å². The van der Waals surface area contributed by atoms with E-state index in [4.69, 9.17) is 14.2 Å². The summed E-state index contributed by atoms with van der Waals surface area (Å²) in [5, 5.41) is 2.78. The first-order valence-corrected chi connectivity index (χ1v) is 10.4. The predicted molar refractivity (Wildman–Crippen MR) is 106 cm³/mol. The van der Waals surface area contributed by atoms with E-state index in [9.17, 15) is 13.2 Å². The van der Waals surface area contributed by atoms with E-state index in [0.29, 0.717) is 28.6 Å². The van der Waals surface area contributed by atoms with Crippen LogP contribution in [0.1, 0.15) is 6.42 Å². The quantitative estimate of drug-likeness (QED) is 0.819. The Morgan fingerprint density at radius 2 is 1.86 bits per heavy atom. The van der Waals surface area contributed by atoms with Crippen molar-refractivity contribution in [2.75, 3.05) is 36.6 Å². The number of rotatable bonds is 5. The van der Waals surface area contributed by atoms with Crippen LogP contribution in [0.15, 0.2) is 42.5 Å². The molecule has 0 unspecified atom stereocenters. The number of para-hydroxylation sites is 2. The fraction of sp³-hybridized carbons (Fsp3) is 0.316. The van der Waals surface area contributed by atoms with Gasteiger partial charge in [0.2, 0.25) is 10.0 Å². The van der Waals surface area contributed by atoms with Crippen LogP contribution in [-0.4, -0.2) is 47.4 Å². The van der Waals surface area contributed by atoms with Crippen LogP contribution in [0.4, 0.5) is 11.4 Å². The molecule has 0 fully saturated rings.